The Morgan fingerprint density at radius 2 is 0.838 bits per heavy atom. The minimum absolute atomic E-state index is 0.287. The Morgan fingerprint density at radius 3 is 1.24 bits per heavy atom. The lowest BCUT2D eigenvalue weighted by Gasteiger charge is -2.05. The van der Waals surface area contributed by atoms with Crippen LogP contribution in [0, 0.1) is 0 Å². The highest BCUT2D eigenvalue weighted by Gasteiger charge is 1.94. The maximum Gasteiger partial charge on any atom is 0.0434 e. The number of aliphatic hydroxyl groups excluding tert-OH is 1. The van der Waals surface area contributed by atoms with Crippen LogP contribution in [0.25, 0.3) is 0 Å². The Kier molecular flexibility index (Phi) is 16.9. The average Bonchev–Trinajstić information content (AvgIpc) is 2.97. The number of nitrogens with two attached hydrogens (primary N) is 1. The third-order valence-electron chi connectivity index (χ3n) is 5.84. The fourth-order valence-corrected chi connectivity index (χ4v) is 3.80. The lowest BCUT2D eigenvalue weighted by Crippen LogP contribution is -2.18. The highest BCUT2D eigenvalue weighted by atomic mass is 16.2. The molecule has 0 atom stereocenters. The fraction of sp³-hybridized carbons (Fsp3) is 0.294. The summed E-state index contributed by atoms with van der Waals surface area (Å²) in [7, 11) is 0. The minimum atomic E-state index is 0.287. The zero-order valence-corrected chi connectivity index (χ0v) is 22.1. The molecule has 0 spiro atoms. The molecule has 0 aliphatic rings. The van der Waals surface area contributed by atoms with Crippen molar-refractivity contribution >= 4 is 0 Å². The van der Waals surface area contributed by atoms with Crippen molar-refractivity contribution < 1.29 is 5.11 Å². The molecule has 3 heteroatoms. The average molecular weight is 497 g/mol. The Bertz CT molecular complexity index is 965. The summed E-state index contributed by atoms with van der Waals surface area (Å²) >= 11 is 0. The van der Waals surface area contributed by atoms with Gasteiger partial charge in [-0.25, -0.2) is 0 Å². The second kappa shape index (κ2) is 20.9. The number of aliphatic hydroxyl groups is 1. The van der Waals surface area contributed by atoms with Crippen molar-refractivity contribution in [3.63, 3.8) is 0 Å². The smallest absolute Gasteiger partial charge is 0.0434 e. The summed E-state index contributed by atoms with van der Waals surface area (Å²) in [5.41, 5.74) is 10.8. The number of hydrogen-bond acceptors (Lipinski definition) is 3. The molecule has 0 unspecified atom stereocenters. The molecule has 0 heterocycles. The van der Waals surface area contributed by atoms with Crippen LogP contribution in [0.3, 0.4) is 0 Å². The van der Waals surface area contributed by atoms with Crippen molar-refractivity contribution in [2.24, 2.45) is 5.73 Å². The molecule has 0 fully saturated rings. The summed E-state index contributed by atoms with van der Waals surface area (Å²) in [5.74, 6) is 0. The zero-order valence-electron chi connectivity index (χ0n) is 22.1. The van der Waals surface area contributed by atoms with E-state index in [1.807, 2.05) is 36.4 Å². The number of aryl methyl sites for hydroxylation is 2. The van der Waals surface area contributed by atoms with Gasteiger partial charge >= 0.3 is 0 Å². The van der Waals surface area contributed by atoms with Crippen molar-refractivity contribution in [1.29, 1.82) is 0 Å². The molecular weight excluding hydrogens is 452 g/mol. The van der Waals surface area contributed by atoms with Gasteiger partial charge < -0.3 is 16.2 Å². The molecule has 0 bridgehead atoms. The SMILES string of the molecule is NCCc1ccccc1.OCCCc1ccccc1.c1ccc(CCCNCCc2ccccc2)cc1. The van der Waals surface area contributed by atoms with Crippen LogP contribution >= 0.6 is 0 Å². The molecular formula is C34H44N2O. The molecule has 37 heavy (non-hydrogen) atoms. The minimum Gasteiger partial charge on any atom is -0.396 e. The molecule has 4 aromatic carbocycles. The largest absolute Gasteiger partial charge is 0.396 e. The maximum atomic E-state index is 8.53. The number of nitrogens with one attached hydrogen (secondary N) is 1. The van der Waals surface area contributed by atoms with Gasteiger partial charge in [0.2, 0.25) is 0 Å². The van der Waals surface area contributed by atoms with Crippen LogP contribution in [-0.2, 0) is 25.7 Å². The molecule has 0 saturated carbocycles. The van der Waals surface area contributed by atoms with E-state index in [0.717, 1.165) is 45.3 Å². The van der Waals surface area contributed by atoms with Crippen molar-refractivity contribution in [1.82, 2.24) is 5.32 Å². The van der Waals surface area contributed by atoms with E-state index in [0.29, 0.717) is 0 Å². The molecule has 3 nitrogen and oxygen atoms in total. The highest BCUT2D eigenvalue weighted by Crippen LogP contribution is 2.02. The van der Waals surface area contributed by atoms with Gasteiger partial charge in [0.15, 0.2) is 0 Å². The van der Waals surface area contributed by atoms with Gasteiger partial charge in [-0.15, -0.1) is 0 Å². The third kappa shape index (κ3) is 15.5. The van der Waals surface area contributed by atoms with E-state index in [-0.39, 0.29) is 6.61 Å². The van der Waals surface area contributed by atoms with E-state index in [1.165, 1.54) is 35.1 Å². The first-order valence-electron chi connectivity index (χ1n) is 13.5. The topological polar surface area (TPSA) is 58.3 Å². The summed E-state index contributed by atoms with van der Waals surface area (Å²) < 4.78 is 0. The molecule has 196 valence electrons. The van der Waals surface area contributed by atoms with Crippen LogP contribution in [0.1, 0.15) is 35.1 Å². The predicted octanol–water partition coefficient (Wildman–Crippen LogP) is 6.25. The van der Waals surface area contributed by atoms with Crippen LogP contribution in [0.5, 0.6) is 0 Å². The molecule has 0 aliphatic carbocycles. The summed E-state index contributed by atoms with van der Waals surface area (Å²) in [6, 6.07) is 41.8. The monoisotopic (exact) mass is 496 g/mol. The van der Waals surface area contributed by atoms with E-state index in [9.17, 15) is 0 Å². The normalized spacial score (nSPS) is 10.0. The van der Waals surface area contributed by atoms with Crippen molar-refractivity contribution in [3.05, 3.63) is 144 Å². The molecule has 0 aromatic heterocycles. The van der Waals surface area contributed by atoms with Crippen LogP contribution in [0.4, 0.5) is 0 Å². The van der Waals surface area contributed by atoms with Gasteiger partial charge in [-0.2, -0.15) is 0 Å². The molecule has 0 amide bonds. The maximum absolute atomic E-state index is 8.53. The van der Waals surface area contributed by atoms with Gasteiger partial charge in [0.05, 0.1) is 0 Å². The van der Waals surface area contributed by atoms with Crippen LogP contribution in [0.15, 0.2) is 121 Å². The van der Waals surface area contributed by atoms with Gasteiger partial charge in [-0.1, -0.05) is 121 Å². The van der Waals surface area contributed by atoms with Crippen LogP contribution < -0.4 is 11.1 Å². The fourth-order valence-electron chi connectivity index (χ4n) is 3.80. The summed E-state index contributed by atoms with van der Waals surface area (Å²) in [4.78, 5) is 0. The van der Waals surface area contributed by atoms with Gasteiger partial charge in [0, 0.05) is 6.61 Å². The van der Waals surface area contributed by atoms with Crippen molar-refractivity contribution in [3.8, 4) is 0 Å². The Balaban J connectivity index is 0.000000214. The Morgan fingerprint density at radius 1 is 0.459 bits per heavy atom. The molecule has 0 radical (unpaired) electrons. The van der Waals surface area contributed by atoms with Gasteiger partial charge in [-0.3, -0.25) is 0 Å². The highest BCUT2D eigenvalue weighted by molar-refractivity contribution is 5.16. The summed E-state index contributed by atoms with van der Waals surface area (Å²) in [6.45, 7) is 3.19. The van der Waals surface area contributed by atoms with Gasteiger partial charge in [-0.05, 0) is 80.4 Å². The Hall–Kier alpha value is -3.24. The van der Waals surface area contributed by atoms with E-state index in [4.69, 9.17) is 10.8 Å². The van der Waals surface area contributed by atoms with E-state index >= 15 is 0 Å². The third-order valence-corrected chi connectivity index (χ3v) is 5.84. The number of benzene rings is 4. The number of hydrogen-bond donors (Lipinski definition) is 3. The lowest BCUT2D eigenvalue weighted by atomic mass is 10.1. The molecule has 0 aliphatic heterocycles. The lowest BCUT2D eigenvalue weighted by molar-refractivity contribution is 0.288. The first-order chi connectivity index (χ1) is 18.3. The first-order valence-corrected chi connectivity index (χ1v) is 13.5. The molecule has 4 N–H and O–H groups in total. The predicted molar refractivity (Wildman–Crippen MR) is 159 cm³/mol. The summed E-state index contributed by atoms with van der Waals surface area (Å²) in [6.07, 6.45) is 6.33. The van der Waals surface area contributed by atoms with Gasteiger partial charge in [0.1, 0.15) is 0 Å². The second-order valence-corrected chi connectivity index (χ2v) is 8.91. The second-order valence-electron chi connectivity index (χ2n) is 8.91. The van der Waals surface area contributed by atoms with Crippen molar-refractivity contribution in [2.45, 2.75) is 38.5 Å². The van der Waals surface area contributed by atoms with Crippen molar-refractivity contribution in [2.75, 3.05) is 26.2 Å². The van der Waals surface area contributed by atoms with E-state index in [1.54, 1.807) is 0 Å². The van der Waals surface area contributed by atoms with Gasteiger partial charge in [0.25, 0.3) is 0 Å². The standard InChI is InChI=1S/C17H21N.C9H12O.C8H11N/c1-3-8-16(9-4-1)12-7-14-18-15-13-17-10-5-2-6-11-17;10-8-4-7-9-5-2-1-3-6-9;9-7-6-8-4-2-1-3-5-8/h1-6,8-11,18H,7,12-15H2;1-3,5-6,10H,4,7-8H2;1-5H,6-7,9H2. The molecule has 4 aromatic rings. The first kappa shape index (κ1) is 30.0. The molecule has 0 saturated heterocycles. The Labute approximate surface area is 224 Å². The zero-order chi connectivity index (χ0) is 26.2. The van der Waals surface area contributed by atoms with Crippen LogP contribution in [0.2, 0.25) is 0 Å². The number of rotatable bonds is 12. The quantitative estimate of drug-likeness (QED) is 0.203. The summed E-state index contributed by atoms with van der Waals surface area (Å²) in [5, 5.41) is 12.0. The molecule has 4 rings (SSSR count). The van der Waals surface area contributed by atoms with E-state index < -0.39 is 0 Å². The van der Waals surface area contributed by atoms with E-state index in [2.05, 4.69) is 90.2 Å². The van der Waals surface area contributed by atoms with Crippen LogP contribution in [-0.4, -0.2) is 31.3 Å².